The molecule has 2 heteroatoms. The molecule has 0 saturated carbocycles. The van der Waals surface area contributed by atoms with Gasteiger partial charge in [-0.15, -0.1) is 0 Å². The molecule has 1 fully saturated rings. The Morgan fingerprint density at radius 1 is 1.22 bits per heavy atom. The maximum absolute atomic E-state index is 9.79. The third kappa shape index (κ3) is 4.43. The van der Waals surface area contributed by atoms with E-state index in [4.69, 9.17) is 0 Å². The van der Waals surface area contributed by atoms with Gasteiger partial charge in [0.05, 0.1) is 5.60 Å². The van der Waals surface area contributed by atoms with E-state index in [1.54, 1.807) is 0 Å². The van der Waals surface area contributed by atoms with E-state index >= 15 is 0 Å². The van der Waals surface area contributed by atoms with E-state index in [2.05, 4.69) is 29.6 Å². The highest BCUT2D eigenvalue weighted by Crippen LogP contribution is 2.18. The molecule has 0 amide bonds. The van der Waals surface area contributed by atoms with Gasteiger partial charge >= 0.3 is 0 Å². The van der Waals surface area contributed by atoms with Crippen LogP contribution in [-0.4, -0.2) is 23.8 Å². The Labute approximate surface area is 110 Å². The van der Waals surface area contributed by atoms with Crippen molar-refractivity contribution in [1.82, 2.24) is 5.32 Å². The molecule has 100 valence electrons. The van der Waals surface area contributed by atoms with Gasteiger partial charge in [-0.2, -0.15) is 0 Å². The summed E-state index contributed by atoms with van der Waals surface area (Å²) in [5.74, 6) is 0.791. The SMILES string of the molecule is CC(C)(O)Cc1ccc(CC2CCCNC2)cc1. The van der Waals surface area contributed by atoms with Crippen molar-refractivity contribution < 1.29 is 5.11 Å². The zero-order chi connectivity index (χ0) is 13.0. The van der Waals surface area contributed by atoms with Gasteiger partial charge in [0.15, 0.2) is 0 Å². The molecule has 0 radical (unpaired) electrons. The standard InChI is InChI=1S/C16H25NO/c1-16(2,18)11-14-7-5-13(6-8-14)10-15-4-3-9-17-12-15/h5-8,15,17-18H,3-4,9-12H2,1-2H3. The molecule has 2 rings (SSSR count). The lowest BCUT2D eigenvalue weighted by atomic mass is 9.91. The summed E-state index contributed by atoms with van der Waals surface area (Å²) in [5, 5.41) is 13.3. The van der Waals surface area contributed by atoms with Crippen LogP contribution in [0.25, 0.3) is 0 Å². The van der Waals surface area contributed by atoms with Crippen LogP contribution in [0.15, 0.2) is 24.3 Å². The number of nitrogens with one attached hydrogen (secondary N) is 1. The van der Waals surface area contributed by atoms with Crippen molar-refractivity contribution in [2.75, 3.05) is 13.1 Å². The molecule has 0 bridgehead atoms. The summed E-state index contributed by atoms with van der Waals surface area (Å²) in [6, 6.07) is 8.75. The predicted molar refractivity (Wildman–Crippen MR) is 75.7 cm³/mol. The fraction of sp³-hybridized carbons (Fsp3) is 0.625. The van der Waals surface area contributed by atoms with Crippen molar-refractivity contribution in [3.05, 3.63) is 35.4 Å². The Morgan fingerprint density at radius 3 is 2.44 bits per heavy atom. The van der Waals surface area contributed by atoms with Crippen LogP contribution < -0.4 is 5.32 Å². The molecule has 0 aromatic heterocycles. The van der Waals surface area contributed by atoms with Gasteiger partial charge < -0.3 is 10.4 Å². The van der Waals surface area contributed by atoms with Crippen molar-refractivity contribution in [2.24, 2.45) is 5.92 Å². The van der Waals surface area contributed by atoms with Crippen molar-refractivity contribution in [3.63, 3.8) is 0 Å². The van der Waals surface area contributed by atoms with E-state index < -0.39 is 5.60 Å². The average Bonchev–Trinajstić information content (AvgIpc) is 2.31. The van der Waals surface area contributed by atoms with Gasteiger partial charge in [0.1, 0.15) is 0 Å². The first-order valence-electron chi connectivity index (χ1n) is 7.04. The number of aliphatic hydroxyl groups is 1. The smallest absolute Gasteiger partial charge is 0.0631 e. The van der Waals surface area contributed by atoms with Gasteiger partial charge in [-0.1, -0.05) is 24.3 Å². The molecule has 1 atom stereocenters. The molecule has 1 aliphatic rings. The molecule has 1 aromatic carbocycles. The molecule has 2 nitrogen and oxygen atoms in total. The molecular formula is C16H25NO. The van der Waals surface area contributed by atoms with Crippen molar-refractivity contribution in [3.8, 4) is 0 Å². The Hall–Kier alpha value is -0.860. The van der Waals surface area contributed by atoms with Crippen LogP contribution in [0.1, 0.15) is 37.8 Å². The van der Waals surface area contributed by atoms with E-state index in [1.807, 2.05) is 13.8 Å². The van der Waals surface area contributed by atoms with Crippen LogP contribution in [0.2, 0.25) is 0 Å². The molecule has 0 aliphatic carbocycles. The summed E-state index contributed by atoms with van der Waals surface area (Å²) in [6.45, 7) is 6.05. The fourth-order valence-electron chi connectivity index (χ4n) is 2.72. The first-order valence-corrected chi connectivity index (χ1v) is 7.04. The summed E-state index contributed by atoms with van der Waals surface area (Å²) in [5.41, 5.74) is 2.02. The summed E-state index contributed by atoms with van der Waals surface area (Å²) in [4.78, 5) is 0. The Bertz CT molecular complexity index is 358. The number of benzene rings is 1. The molecule has 0 spiro atoms. The molecule has 2 N–H and O–H groups in total. The van der Waals surface area contributed by atoms with Gasteiger partial charge in [0, 0.05) is 6.42 Å². The third-order valence-electron chi connectivity index (χ3n) is 3.58. The number of piperidine rings is 1. The van der Waals surface area contributed by atoms with Crippen LogP contribution >= 0.6 is 0 Å². The highest BCUT2D eigenvalue weighted by molar-refractivity contribution is 5.24. The molecule has 1 unspecified atom stereocenters. The summed E-state index contributed by atoms with van der Waals surface area (Å²) in [7, 11) is 0. The molecule has 1 heterocycles. The normalized spacial score (nSPS) is 20.9. The van der Waals surface area contributed by atoms with E-state index in [-0.39, 0.29) is 0 Å². The Kier molecular flexibility index (Phi) is 4.41. The largest absolute Gasteiger partial charge is 0.390 e. The minimum Gasteiger partial charge on any atom is -0.390 e. The van der Waals surface area contributed by atoms with Crippen LogP contribution in [0.3, 0.4) is 0 Å². The van der Waals surface area contributed by atoms with Gasteiger partial charge in [0.25, 0.3) is 0 Å². The summed E-state index contributed by atoms with van der Waals surface area (Å²) < 4.78 is 0. The second kappa shape index (κ2) is 5.85. The van der Waals surface area contributed by atoms with E-state index in [0.29, 0.717) is 0 Å². The van der Waals surface area contributed by atoms with Gasteiger partial charge in [-0.3, -0.25) is 0 Å². The van der Waals surface area contributed by atoms with Crippen molar-refractivity contribution in [1.29, 1.82) is 0 Å². The lowest BCUT2D eigenvalue weighted by Crippen LogP contribution is -2.30. The van der Waals surface area contributed by atoms with Crippen molar-refractivity contribution in [2.45, 2.75) is 45.1 Å². The second-order valence-electron chi connectivity index (χ2n) is 6.22. The monoisotopic (exact) mass is 247 g/mol. The topological polar surface area (TPSA) is 32.3 Å². The Morgan fingerprint density at radius 2 is 1.89 bits per heavy atom. The van der Waals surface area contributed by atoms with Crippen LogP contribution in [0.4, 0.5) is 0 Å². The quantitative estimate of drug-likeness (QED) is 0.857. The highest BCUT2D eigenvalue weighted by Gasteiger charge is 2.15. The van der Waals surface area contributed by atoms with E-state index in [1.165, 1.54) is 36.9 Å². The molecule has 1 aliphatic heterocycles. The molecule has 18 heavy (non-hydrogen) atoms. The second-order valence-corrected chi connectivity index (χ2v) is 6.22. The summed E-state index contributed by atoms with van der Waals surface area (Å²) >= 11 is 0. The predicted octanol–water partition coefficient (Wildman–Crippen LogP) is 2.54. The van der Waals surface area contributed by atoms with E-state index in [9.17, 15) is 5.11 Å². The van der Waals surface area contributed by atoms with Gasteiger partial charge in [-0.05, 0) is 63.2 Å². The van der Waals surface area contributed by atoms with Crippen LogP contribution in [0, 0.1) is 5.92 Å². The summed E-state index contributed by atoms with van der Waals surface area (Å²) in [6.07, 6.45) is 4.55. The number of hydrogen-bond acceptors (Lipinski definition) is 2. The van der Waals surface area contributed by atoms with Gasteiger partial charge in [-0.25, -0.2) is 0 Å². The van der Waals surface area contributed by atoms with Crippen molar-refractivity contribution >= 4 is 0 Å². The maximum atomic E-state index is 9.79. The zero-order valence-electron chi connectivity index (χ0n) is 11.6. The minimum atomic E-state index is -0.616. The van der Waals surface area contributed by atoms with Crippen LogP contribution in [-0.2, 0) is 12.8 Å². The highest BCUT2D eigenvalue weighted by atomic mass is 16.3. The molecule has 1 aromatic rings. The first kappa shape index (κ1) is 13.6. The van der Waals surface area contributed by atoms with Crippen LogP contribution in [0.5, 0.6) is 0 Å². The number of rotatable bonds is 4. The minimum absolute atomic E-state index is 0.616. The lowest BCUT2D eigenvalue weighted by Gasteiger charge is -2.23. The van der Waals surface area contributed by atoms with Gasteiger partial charge in [0.2, 0.25) is 0 Å². The lowest BCUT2D eigenvalue weighted by molar-refractivity contribution is 0.0810. The Balaban J connectivity index is 1.90. The molecule has 1 saturated heterocycles. The molecular weight excluding hydrogens is 222 g/mol. The average molecular weight is 247 g/mol. The zero-order valence-corrected chi connectivity index (χ0v) is 11.6. The number of hydrogen-bond donors (Lipinski definition) is 2. The first-order chi connectivity index (χ1) is 8.53. The maximum Gasteiger partial charge on any atom is 0.0631 e. The third-order valence-corrected chi connectivity index (χ3v) is 3.58. The fourth-order valence-corrected chi connectivity index (χ4v) is 2.72. The van der Waals surface area contributed by atoms with E-state index in [0.717, 1.165) is 18.9 Å².